The van der Waals surface area contributed by atoms with Gasteiger partial charge in [0.2, 0.25) is 0 Å². The van der Waals surface area contributed by atoms with Crippen molar-refractivity contribution in [1.29, 1.82) is 0 Å². The van der Waals surface area contributed by atoms with E-state index in [1.807, 2.05) is 23.7 Å². The van der Waals surface area contributed by atoms with Gasteiger partial charge in [-0.25, -0.2) is 4.98 Å². The Morgan fingerprint density at radius 3 is 2.63 bits per heavy atom. The molecule has 5 atom stereocenters. The van der Waals surface area contributed by atoms with E-state index in [-0.39, 0.29) is 6.61 Å². The highest BCUT2D eigenvalue weighted by molar-refractivity contribution is 7.15. The van der Waals surface area contributed by atoms with Gasteiger partial charge >= 0.3 is 5.97 Å². The average Bonchev–Trinajstić information content (AvgIpc) is 3.50. The van der Waals surface area contributed by atoms with Gasteiger partial charge < -0.3 is 24.8 Å². The zero-order valence-corrected chi connectivity index (χ0v) is 21.9. The summed E-state index contributed by atoms with van der Waals surface area (Å²) in [6.07, 6.45) is -3.88. The Balaban J connectivity index is 1.52. The molecule has 4 rings (SSSR count). The zero-order valence-electron chi connectivity index (χ0n) is 19.6. The molecule has 7 nitrogen and oxygen atoms in total. The van der Waals surface area contributed by atoms with Crippen molar-refractivity contribution >= 4 is 40.2 Å². The maximum atomic E-state index is 12.2. The molecule has 1 aliphatic heterocycles. The first-order chi connectivity index (χ1) is 16.5. The van der Waals surface area contributed by atoms with Gasteiger partial charge in [-0.15, -0.1) is 11.3 Å². The van der Waals surface area contributed by atoms with Crippen LogP contribution in [0.25, 0.3) is 10.4 Å². The normalized spacial score (nSPS) is 24.9. The smallest absolute Gasteiger partial charge is 0.311 e. The quantitative estimate of drug-likeness (QED) is 0.404. The fourth-order valence-electron chi connectivity index (χ4n) is 3.74. The van der Waals surface area contributed by atoms with Crippen molar-refractivity contribution in [3.05, 3.63) is 62.4 Å². The van der Waals surface area contributed by atoms with E-state index in [9.17, 15) is 20.1 Å². The molecule has 0 bridgehead atoms. The molecule has 1 saturated heterocycles. The largest absolute Gasteiger partial charge is 0.462 e. The summed E-state index contributed by atoms with van der Waals surface area (Å²) in [6.45, 7) is 4.91. The standard InChI is InChI=1S/C25H28ClNO6S2/c1-25(2,3)24(31)32-11-17-20(28)21(29)22(30)23(33-17)13-4-5-16(26)15(8-13)9-19-27-10-18(35-19)14-6-7-34-12-14/h4-8,10,12,17,20-23,28-30H,9,11H2,1-3H3/t17-,20+,21-,22-,23+/m1/s1. The van der Waals surface area contributed by atoms with E-state index in [0.29, 0.717) is 17.0 Å². The predicted octanol–water partition coefficient (Wildman–Crippen LogP) is 4.23. The van der Waals surface area contributed by atoms with Gasteiger partial charge in [-0.05, 0) is 54.8 Å². The van der Waals surface area contributed by atoms with E-state index >= 15 is 0 Å². The number of carbonyl (C=O) groups is 1. The third kappa shape index (κ3) is 5.94. The van der Waals surface area contributed by atoms with Gasteiger partial charge in [0, 0.05) is 23.2 Å². The first-order valence-electron chi connectivity index (χ1n) is 11.2. The maximum Gasteiger partial charge on any atom is 0.311 e. The number of carbonyl (C=O) groups excluding carboxylic acids is 1. The lowest BCUT2D eigenvalue weighted by Gasteiger charge is -2.41. The SMILES string of the molecule is CC(C)(C)C(=O)OC[C@H]1O[C@@H](c2ccc(Cl)c(Cc3ncc(-c4ccsc4)s3)c2)[C@H](O)[C@H](O)[C@H]1O. The van der Waals surface area contributed by atoms with Gasteiger partial charge in [0.15, 0.2) is 0 Å². The molecule has 188 valence electrons. The zero-order chi connectivity index (χ0) is 25.3. The van der Waals surface area contributed by atoms with Gasteiger partial charge in [-0.1, -0.05) is 23.7 Å². The van der Waals surface area contributed by atoms with Crippen LogP contribution in [0.1, 0.15) is 43.0 Å². The number of benzene rings is 1. The highest BCUT2D eigenvalue weighted by Gasteiger charge is 2.45. The second-order valence-corrected chi connectivity index (χ2v) is 11.9. The lowest BCUT2D eigenvalue weighted by Crippen LogP contribution is -2.55. The number of aliphatic hydroxyl groups is 3. The Labute approximate surface area is 216 Å². The number of thiazole rings is 1. The van der Waals surface area contributed by atoms with Crippen LogP contribution < -0.4 is 0 Å². The van der Waals surface area contributed by atoms with Crippen molar-refractivity contribution in [2.45, 2.75) is 57.7 Å². The molecular formula is C25H28ClNO6S2. The van der Waals surface area contributed by atoms with Crippen LogP contribution in [0.4, 0.5) is 0 Å². The highest BCUT2D eigenvalue weighted by atomic mass is 35.5. The Kier molecular flexibility index (Phi) is 7.97. The van der Waals surface area contributed by atoms with Crippen molar-refractivity contribution < 1.29 is 29.6 Å². The molecule has 1 aromatic carbocycles. The molecule has 0 spiro atoms. The van der Waals surface area contributed by atoms with Crippen LogP contribution >= 0.6 is 34.3 Å². The number of hydrogen-bond acceptors (Lipinski definition) is 9. The van der Waals surface area contributed by atoms with Crippen LogP contribution in [-0.4, -0.2) is 57.3 Å². The van der Waals surface area contributed by atoms with E-state index in [1.54, 1.807) is 55.6 Å². The molecule has 1 fully saturated rings. The van der Waals surface area contributed by atoms with E-state index in [1.165, 1.54) is 0 Å². The fraction of sp³-hybridized carbons (Fsp3) is 0.440. The third-order valence-corrected chi connectivity index (χ3v) is 7.90. The predicted molar refractivity (Wildman–Crippen MR) is 136 cm³/mol. The lowest BCUT2D eigenvalue weighted by atomic mass is 9.90. The minimum atomic E-state index is -1.47. The van der Waals surface area contributed by atoms with Crippen LogP contribution in [0.15, 0.2) is 41.2 Å². The monoisotopic (exact) mass is 537 g/mol. The van der Waals surface area contributed by atoms with E-state index < -0.39 is 41.9 Å². The average molecular weight is 538 g/mol. The minimum absolute atomic E-state index is 0.248. The summed E-state index contributed by atoms with van der Waals surface area (Å²) in [4.78, 5) is 17.7. The molecule has 10 heteroatoms. The van der Waals surface area contributed by atoms with Gasteiger partial charge in [0.25, 0.3) is 0 Å². The summed E-state index contributed by atoms with van der Waals surface area (Å²) in [5, 5.41) is 37.1. The van der Waals surface area contributed by atoms with Gasteiger partial charge in [0.1, 0.15) is 37.1 Å². The summed E-state index contributed by atoms with van der Waals surface area (Å²) < 4.78 is 11.2. The van der Waals surface area contributed by atoms with E-state index in [0.717, 1.165) is 21.0 Å². The maximum absolute atomic E-state index is 12.2. The topological polar surface area (TPSA) is 109 Å². The molecular weight excluding hydrogens is 510 g/mol. The number of aromatic nitrogens is 1. The number of halogens is 1. The summed E-state index contributed by atoms with van der Waals surface area (Å²) in [5.74, 6) is -0.454. The molecule has 0 saturated carbocycles. The van der Waals surface area contributed by atoms with Crippen LogP contribution in [0.5, 0.6) is 0 Å². The Morgan fingerprint density at radius 2 is 1.94 bits per heavy atom. The molecule has 3 N–H and O–H groups in total. The fourth-order valence-corrected chi connectivity index (χ4v) is 5.59. The van der Waals surface area contributed by atoms with Crippen LogP contribution in [0.2, 0.25) is 5.02 Å². The number of thiophene rings is 1. The van der Waals surface area contributed by atoms with Crippen molar-refractivity contribution in [2.75, 3.05) is 6.61 Å². The number of aliphatic hydroxyl groups excluding tert-OH is 3. The summed E-state index contributed by atoms with van der Waals surface area (Å²) in [7, 11) is 0. The first kappa shape index (κ1) is 26.2. The van der Waals surface area contributed by atoms with Crippen molar-refractivity contribution in [2.24, 2.45) is 5.41 Å². The molecule has 3 heterocycles. The molecule has 1 aliphatic rings. The van der Waals surface area contributed by atoms with Gasteiger partial charge in [0.05, 0.1) is 15.3 Å². The Bertz CT molecular complexity index is 1160. The number of nitrogens with zero attached hydrogens (tertiary/aromatic N) is 1. The summed E-state index contributed by atoms with van der Waals surface area (Å²) in [5.41, 5.74) is 1.79. The van der Waals surface area contributed by atoms with Crippen molar-refractivity contribution in [3.8, 4) is 10.4 Å². The third-order valence-electron chi connectivity index (χ3n) is 5.80. The van der Waals surface area contributed by atoms with Crippen LogP contribution in [0, 0.1) is 5.41 Å². The van der Waals surface area contributed by atoms with Crippen LogP contribution in [-0.2, 0) is 20.7 Å². The number of esters is 1. The summed E-state index contributed by atoms with van der Waals surface area (Å²) >= 11 is 9.68. The van der Waals surface area contributed by atoms with Crippen LogP contribution in [0.3, 0.4) is 0 Å². The van der Waals surface area contributed by atoms with E-state index in [2.05, 4.69) is 10.4 Å². The van der Waals surface area contributed by atoms with Gasteiger partial charge in [-0.3, -0.25) is 4.79 Å². The van der Waals surface area contributed by atoms with Crippen molar-refractivity contribution in [1.82, 2.24) is 4.98 Å². The summed E-state index contributed by atoms with van der Waals surface area (Å²) in [6, 6.07) is 7.28. The number of rotatable bonds is 6. The minimum Gasteiger partial charge on any atom is -0.462 e. The molecule has 0 aliphatic carbocycles. The number of ether oxygens (including phenoxy) is 2. The highest BCUT2D eigenvalue weighted by Crippen LogP contribution is 2.36. The molecule has 35 heavy (non-hydrogen) atoms. The number of hydrogen-bond donors (Lipinski definition) is 3. The van der Waals surface area contributed by atoms with Crippen molar-refractivity contribution in [3.63, 3.8) is 0 Å². The Morgan fingerprint density at radius 1 is 1.17 bits per heavy atom. The Hall–Kier alpha value is -1.85. The second kappa shape index (κ2) is 10.6. The molecule has 0 amide bonds. The van der Waals surface area contributed by atoms with Gasteiger partial charge in [-0.2, -0.15) is 11.3 Å². The first-order valence-corrected chi connectivity index (χ1v) is 13.3. The second-order valence-electron chi connectivity index (χ2n) is 9.57. The molecule has 0 radical (unpaired) electrons. The lowest BCUT2D eigenvalue weighted by molar-refractivity contribution is -0.235. The molecule has 3 aromatic rings. The van der Waals surface area contributed by atoms with E-state index in [4.69, 9.17) is 21.1 Å². The molecule has 0 unspecified atom stereocenters. The molecule has 2 aromatic heterocycles.